The number of piperidine rings is 1. The number of aromatic nitrogens is 2. The zero-order chi connectivity index (χ0) is 22.2. The van der Waals surface area contributed by atoms with Crippen molar-refractivity contribution >= 4 is 12.0 Å². The van der Waals surface area contributed by atoms with E-state index in [2.05, 4.69) is 39.3 Å². The Morgan fingerprint density at radius 2 is 1.91 bits per heavy atom. The van der Waals surface area contributed by atoms with E-state index in [0.29, 0.717) is 17.6 Å². The number of nitrogens with one attached hydrogen (secondary N) is 1. The van der Waals surface area contributed by atoms with Gasteiger partial charge in [0, 0.05) is 18.5 Å². The van der Waals surface area contributed by atoms with Crippen LogP contribution in [0.2, 0.25) is 0 Å². The predicted molar refractivity (Wildman–Crippen MR) is 118 cm³/mol. The Hall–Kier alpha value is -3.49. The highest BCUT2D eigenvalue weighted by atomic mass is 16.5. The summed E-state index contributed by atoms with van der Waals surface area (Å²) in [5, 5.41) is 12.7. The fourth-order valence-electron chi connectivity index (χ4n) is 3.71. The fourth-order valence-corrected chi connectivity index (χ4v) is 3.71. The molecule has 1 amide bonds. The van der Waals surface area contributed by atoms with Crippen LogP contribution >= 0.6 is 0 Å². The minimum absolute atomic E-state index is 0.196. The summed E-state index contributed by atoms with van der Waals surface area (Å²) < 4.78 is 11.1. The Morgan fingerprint density at radius 1 is 1.16 bits per heavy atom. The summed E-state index contributed by atoms with van der Waals surface area (Å²) in [6.45, 7) is 3.20. The molecule has 8 heteroatoms. The number of ether oxygens (including phenoxy) is 1. The van der Waals surface area contributed by atoms with Gasteiger partial charge in [-0.1, -0.05) is 47.6 Å². The first-order valence-corrected chi connectivity index (χ1v) is 10.6. The molecule has 0 spiro atoms. The maximum Gasteiger partial charge on any atom is 0.267 e. The standard InChI is InChI=1S/C24H26N4O4/c29-22(26-30)11-8-18-6-9-21(10-7-18)31-17-23-25-24(27-32-23)20-12-14-28(15-13-20)16-19-4-2-1-3-5-19/h1-11,20,30H,12-17H2,(H,26,29). The molecule has 0 aliphatic carbocycles. The van der Waals surface area contributed by atoms with Crippen LogP contribution in [0, 0.1) is 0 Å². The first-order chi connectivity index (χ1) is 15.7. The van der Waals surface area contributed by atoms with Crippen molar-refractivity contribution in [3.05, 3.63) is 83.5 Å². The second-order valence-electron chi connectivity index (χ2n) is 7.75. The molecule has 0 atom stereocenters. The number of nitrogens with zero attached hydrogens (tertiary/aromatic N) is 3. The van der Waals surface area contributed by atoms with Gasteiger partial charge >= 0.3 is 0 Å². The Labute approximate surface area is 186 Å². The van der Waals surface area contributed by atoms with E-state index in [0.717, 1.165) is 43.9 Å². The van der Waals surface area contributed by atoms with Crippen LogP contribution in [0.4, 0.5) is 0 Å². The highest BCUT2D eigenvalue weighted by molar-refractivity contribution is 5.90. The van der Waals surface area contributed by atoms with Gasteiger partial charge in [0.05, 0.1) is 0 Å². The molecule has 0 radical (unpaired) electrons. The summed E-state index contributed by atoms with van der Waals surface area (Å²) in [4.78, 5) is 18.0. The second kappa shape index (κ2) is 10.7. The number of rotatable bonds is 8. The number of carbonyl (C=O) groups excluding carboxylic acids is 1. The van der Waals surface area contributed by atoms with Gasteiger partial charge < -0.3 is 9.26 Å². The Morgan fingerprint density at radius 3 is 2.62 bits per heavy atom. The average Bonchev–Trinajstić information content (AvgIpc) is 3.32. The first kappa shape index (κ1) is 21.7. The topological polar surface area (TPSA) is 101 Å². The maximum atomic E-state index is 11.0. The van der Waals surface area contributed by atoms with Crippen LogP contribution in [0.25, 0.3) is 6.08 Å². The third kappa shape index (κ3) is 6.03. The van der Waals surface area contributed by atoms with E-state index in [9.17, 15) is 4.79 Å². The van der Waals surface area contributed by atoms with E-state index >= 15 is 0 Å². The molecule has 2 heterocycles. The Bertz CT molecular complexity index is 1030. The number of hydrogen-bond donors (Lipinski definition) is 2. The van der Waals surface area contributed by atoms with Gasteiger partial charge in [-0.3, -0.25) is 14.9 Å². The minimum atomic E-state index is -0.584. The normalized spacial score (nSPS) is 15.2. The van der Waals surface area contributed by atoms with E-state index in [4.69, 9.17) is 14.5 Å². The van der Waals surface area contributed by atoms with Gasteiger partial charge in [-0.2, -0.15) is 4.98 Å². The summed E-state index contributed by atoms with van der Waals surface area (Å²) >= 11 is 0. The van der Waals surface area contributed by atoms with Crippen molar-refractivity contribution in [3.63, 3.8) is 0 Å². The number of carbonyl (C=O) groups is 1. The van der Waals surface area contributed by atoms with Gasteiger partial charge in [0.15, 0.2) is 12.4 Å². The molecular weight excluding hydrogens is 408 g/mol. The van der Waals surface area contributed by atoms with Crippen LogP contribution in [0.15, 0.2) is 65.2 Å². The lowest BCUT2D eigenvalue weighted by atomic mass is 9.96. The molecule has 1 aliphatic heterocycles. The second-order valence-corrected chi connectivity index (χ2v) is 7.75. The zero-order valence-electron chi connectivity index (χ0n) is 17.7. The molecule has 2 N–H and O–H groups in total. The lowest BCUT2D eigenvalue weighted by Crippen LogP contribution is -2.32. The number of benzene rings is 2. The van der Waals surface area contributed by atoms with Crippen LogP contribution in [0.1, 0.15) is 41.6 Å². The number of likely N-dealkylation sites (tertiary alicyclic amines) is 1. The number of amides is 1. The van der Waals surface area contributed by atoms with Crippen LogP contribution in [-0.4, -0.2) is 39.2 Å². The van der Waals surface area contributed by atoms with Crippen molar-refractivity contribution in [2.75, 3.05) is 13.1 Å². The predicted octanol–water partition coefficient (Wildman–Crippen LogP) is 3.55. The summed E-state index contributed by atoms with van der Waals surface area (Å²) in [6.07, 6.45) is 4.85. The summed E-state index contributed by atoms with van der Waals surface area (Å²) in [6, 6.07) is 17.7. The van der Waals surface area contributed by atoms with Crippen molar-refractivity contribution in [2.45, 2.75) is 31.9 Å². The molecule has 2 aromatic carbocycles. The van der Waals surface area contributed by atoms with E-state index < -0.39 is 5.91 Å². The van der Waals surface area contributed by atoms with Crippen molar-refractivity contribution in [2.24, 2.45) is 0 Å². The molecule has 166 valence electrons. The minimum Gasteiger partial charge on any atom is -0.484 e. The van der Waals surface area contributed by atoms with Crippen molar-refractivity contribution < 1.29 is 19.3 Å². The van der Waals surface area contributed by atoms with Gasteiger partial charge in [0.2, 0.25) is 0 Å². The third-order valence-electron chi connectivity index (χ3n) is 5.47. The summed E-state index contributed by atoms with van der Waals surface area (Å²) in [7, 11) is 0. The van der Waals surface area contributed by atoms with E-state index in [-0.39, 0.29) is 6.61 Å². The van der Waals surface area contributed by atoms with Crippen LogP contribution in [-0.2, 0) is 17.9 Å². The van der Waals surface area contributed by atoms with Crippen molar-refractivity contribution in [3.8, 4) is 5.75 Å². The first-order valence-electron chi connectivity index (χ1n) is 10.6. The lowest BCUT2D eigenvalue weighted by molar-refractivity contribution is -0.124. The molecule has 0 saturated carbocycles. The van der Waals surface area contributed by atoms with E-state index in [1.165, 1.54) is 11.6 Å². The quantitative estimate of drug-likeness (QED) is 0.318. The molecule has 1 fully saturated rings. The molecule has 8 nitrogen and oxygen atoms in total. The van der Waals surface area contributed by atoms with Gasteiger partial charge in [-0.05, 0) is 55.3 Å². The monoisotopic (exact) mass is 434 g/mol. The molecule has 4 rings (SSSR count). The highest BCUT2D eigenvalue weighted by Gasteiger charge is 2.24. The maximum absolute atomic E-state index is 11.0. The van der Waals surface area contributed by atoms with E-state index in [1.807, 2.05) is 6.07 Å². The average molecular weight is 434 g/mol. The number of hydroxylamine groups is 1. The SMILES string of the molecule is O=C(C=Cc1ccc(OCc2nc(C3CCN(Cc4ccccc4)CC3)no2)cc1)NO. The summed E-state index contributed by atoms with van der Waals surface area (Å²) in [5.74, 6) is 1.59. The van der Waals surface area contributed by atoms with E-state index in [1.54, 1.807) is 35.8 Å². The summed E-state index contributed by atoms with van der Waals surface area (Å²) in [5.41, 5.74) is 3.69. The van der Waals surface area contributed by atoms with Gasteiger partial charge in [-0.15, -0.1) is 0 Å². The van der Waals surface area contributed by atoms with Crippen molar-refractivity contribution in [1.82, 2.24) is 20.5 Å². The van der Waals surface area contributed by atoms with Crippen molar-refractivity contribution in [1.29, 1.82) is 0 Å². The van der Waals surface area contributed by atoms with Crippen LogP contribution in [0.3, 0.4) is 0 Å². The Kier molecular flexibility index (Phi) is 7.27. The lowest BCUT2D eigenvalue weighted by Gasteiger charge is -2.30. The molecule has 3 aromatic rings. The molecule has 32 heavy (non-hydrogen) atoms. The molecule has 1 aliphatic rings. The molecule has 0 bridgehead atoms. The highest BCUT2D eigenvalue weighted by Crippen LogP contribution is 2.27. The van der Waals surface area contributed by atoms with Gasteiger partial charge in [-0.25, -0.2) is 5.48 Å². The van der Waals surface area contributed by atoms with Crippen LogP contribution < -0.4 is 10.2 Å². The molecule has 1 saturated heterocycles. The largest absolute Gasteiger partial charge is 0.484 e. The third-order valence-corrected chi connectivity index (χ3v) is 5.47. The fraction of sp³-hybridized carbons (Fsp3) is 0.292. The molecular formula is C24H26N4O4. The smallest absolute Gasteiger partial charge is 0.267 e. The zero-order valence-corrected chi connectivity index (χ0v) is 17.7. The number of hydrogen-bond acceptors (Lipinski definition) is 7. The van der Waals surface area contributed by atoms with Crippen LogP contribution in [0.5, 0.6) is 5.75 Å². The molecule has 0 unspecified atom stereocenters. The van der Waals surface area contributed by atoms with Gasteiger partial charge in [0.1, 0.15) is 5.75 Å². The van der Waals surface area contributed by atoms with Gasteiger partial charge in [0.25, 0.3) is 11.8 Å². The Balaban J connectivity index is 1.24. The molecule has 1 aromatic heterocycles.